The number of benzene rings is 1. The number of halogens is 1. The van der Waals surface area contributed by atoms with Crippen molar-refractivity contribution < 1.29 is 9.18 Å². The van der Waals surface area contributed by atoms with Crippen LogP contribution in [0.2, 0.25) is 0 Å². The Balaban J connectivity index is 1.88. The topological polar surface area (TPSA) is 58.1 Å². The van der Waals surface area contributed by atoms with E-state index >= 15 is 0 Å². The first-order valence-electron chi connectivity index (χ1n) is 10.2. The molecule has 2 unspecified atom stereocenters. The van der Waals surface area contributed by atoms with Gasteiger partial charge in [0.1, 0.15) is 5.82 Å². The molecule has 154 valence electrons. The van der Waals surface area contributed by atoms with Gasteiger partial charge in [-0.05, 0) is 60.3 Å². The highest BCUT2D eigenvalue weighted by Gasteiger charge is 2.40. The van der Waals surface area contributed by atoms with Gasteiger partial charge in [-0.3, -0.25) is 19.7 Å². The van der Waals surface area contributed by atoms with Crippen LogP contribution in [-0.4, -0.2) is 40.4 Å². The third-order valence-corrected chi connectivity index (χ3v) is 5.81. The molecule has 1 fully saturated rings. The zero-order valence-corrected chi connectivity index (χ0v) is 16.9. The van der Waals surface area contributed by atoms with Gasteiger partial charge in [0.15, 0.2) is 0 Å². The highest BCUT2D eigenvalue weighted by molar-refractivity contribution is 5.81. The Labute approximate surface area is 176 Å². The van der Waals surface area contributed by atoms with Gasteiger partial charge in [0, 0.05) is 43.8 Å². The van der Waals surface area contributed by atoms with Crippen molar-refractivity contribution in [2.45, 2.75) is 30.8 Å². The summed E-state index contributed by atoms with van der Waals surface area (Å²) in [5.41, 5.74) is 3.02. The average molecular weight is 404 g/mol. The minimum absolute atomic E-state index is 0.00994. The number of carbonyl (C=O) groups excluding carboxylic acids is 1. The standard InChI is InChI=1S/C24H25FN4O/c1-26-24(30)21-7-4-14-29(21)23(17-8-10-20(25)11-9-17)22(18-5-2-12-27-15-18)19-6-3-13-28-16-19/h2-3,5-6,8-13,15-16,21-23H,4,7,14H2,1H3,(H,26,30). The van der Waals surface area contributed by atoms with E-state index in [-0.39, 0.29) is 29.7 Å². The van der Waals surface area contributed by atoms with E-state index in [0.29, 0.717) is 0 Å². The fraction of sp³-hybridized carbons (Fsp3) is 0.292. The lowest BCUT2D eigenvalue weighted by Crippen LogP contribution is -2.45. The first kappa shape index (κ1) is 20.2. The molecule has 3 aromatic rings. The normalized spacial score (nSPS) is 17.8. The third kappa shape index (κ3) is 4.09. The summed E-state index contributed by atoms with van der Waals surface area (Å²) in [4.78, 5) is 23.6. The second-order valence-electron chi connectivity index (χ2n) is 7.56. The van der Waals surface area contributed by atoms with E-state index in [1.807, 2.05) is 48.8 Å². The molecule has 3 heterocycles. The highest BCUT2D eigenvalue weighted by atomic mass is 19.1. The summed E-state index contributed by atoms with van der Waals surface area (Å²) in [6.07, 6.45) is 8.95. The maximum absolute atomic E-state index is 13.7. The maximum Gasteiger partial charge on any atom is 0.237 e. The Kier molecular flexibility index (Phi) is 6.14. The summed E-state index contributed by atoms with van der Waals surface area (Å²) in [6.45, 7) is 0.789. The summed E-state index contributed by atoms with van der Waals surface area (Å²) in [6, 6.07) is 14.1. The molecule has 30 heavy (non-hydrogen) atoms. The lowest BCUT2D eigenvalue weighted by molar-refractivity contribution is -0.125. The lowest BCUT2D eigenvalue weighted by Gasteiger charge is -2.38. The number of nitrogens with zero attached hydrogens (tertiary/aromatic N) is 3. The van der Waals surface area contributed by atoms with Crippen LogP contribution in [0.1, 0.15) is 41.5 Å². The van der Waals surface area contributed by atoms with Crippen molar-refractivity contribution in [1.82, 2.24) is 20.2 Å². The van der Waals surface area contributed by atoms with Gasteiger partial charge in [-0.1, -0.05) is 24.3 Å². The van der Waals surface area contributed by atoms with E-state index in [2.05, 4.69) is 20.2 Å². The Morgan fingerprint density at radius 1 is 1.03 bits per heavy atom. The van der Waals surface area contributed by atoms with Crippen LogP contribution in [-0.2, 0) is 4.79 Å². The van der Waals surface area contributed by atoms with E-state index < -0.39 is 0 Å². The SMILES string of the molecule is CNC(=O)C1CCCN1C(c1ccc(F)cc1)C(c1cccnc1)c1cccnc1. The molecule has 5 nitrogen and oxygen atoms in total. The molecule has 0 aliphatic carbocycles. The van der Waals surface area contributed by atoms with Crippen molar-refractivity contribution in [3.8, 4) is 0 Å². The van der Waals surface area contributed by atoms with Crippen molar-refractivity contribution >= 4 is 5.91 Å². The van der Waals surface area contributed by atoms with Crippen molar-refractivity contribution in [1.29, 1.82) is 0 Å². The summed E-state index contributed by atoms with van der Waals surface area (Å²) in [5.74, 6) is -0.375. The van der Waals surface area contributed by atoms with Gasteiger partial charge >= 0.3 is 0 Å². The van der Waals surface area contributed by atoms with E-state index in [9.17, 15) is 9.18 Å². The summed E-state index contributed by atoms with van der Waals surface area (Å²) >= 11 is 0. The quantitative estimate of drug-likeness (QED) is 0.681. The lowest BCUT2D eigenvalue weighted by atomic mass is 9.81. The molecule has 0 bridgehead atoms. The first-order valence-corrected chi connectivity index (χ1v) is 10.2. The van der Waals surface area contributed by atoms with Gasteiger partial charge in [-0.25, -0.2) is 4.39 Å². The van der Waals surface area contributed by atoms with Crippen molar-refractivity contribution in [3.63, 3.8) is 0 Å². The minimum atomic E-state index is -0.277. The molecule has 2 atom stereocenters. The Morgan fingerprint density at radius 3 is 2.20 bits per heavy atom. The number of likely N-dealkylation sites (tertiary alicyclic amines) is 1. The smallest absolute Gasteiger partial charge is 0.237 e. The Bertz CT molecular complexity index is 926. The number of rotatable bonds is 6. The number of hydrogen-bond donors (Lipinski definition) is 1. The first-order chi connectivity index (χ1) is 14.7. The highest BCUT2D eigenvalue weighted by Crippen LogP contribution is 2.43. The summed E-state index contributed by atoms with van der Waals surface area (Å²) in [7, 11) is 1.67. The zero-order chi connectivity index (χ0) is 20.9. The molecular formula is C24H25FN4O. The van der Waals surface area contributed by atoms with Crippen molar-refractivity contribution in [3.05, 3.63) is 95.8 Å². The molecule has 1 N–H and O–H groups in total. The Morgan fingerprint density at radius 2 is 1.67 bits per heavy atom. The summed E-state index contributed by atoms with van der Waals surface area (Å²) in [5, 5.41) is 2.81. The number of likely N-dealkylation sites (N-methyl/N-ethyl adjacent to an activating group) is 1. The van der Waals surface area contributed by atoms with Gasteiger partial charge < -0.3 is 5.32 Å². The van der Waals surface area contributed by atoms with E-state index in [0.717, 1.165) is 36.1 Å². The van der Waals surface area contributed by atoms with Crippen molar-refractivity contribution in [2.75, 3.05) is 13.6 Å². The van der Waals surface area contributed by atoms with Gasteiger partial charge in [0.05, 0.1) is 6.04 Å². The molecule has 1 aliphatic heterocycles. The van der Waals surface area contributed by atoms with Crippen LogP contribution in [0.15, 0.2) is 73.3 Å². The Hall–Kier alpha value is -3.12. The second kappa shape index (κ2) is 9.13. The largest absolute Gasteiger partial charge is 0.358 e. The van der Waals surface area contributed by atoms with Crippen LogP contribution < -0.4 is 5.32 Å². The van der Waals surface area contributed by atoms with Crippen LogP contribution in [0, 0.1) is 5.82 Å². The molecule has 0 radical (unpaired) electrons. The number of pyridine rings is 2. The second-order valence-corrected chi connectivity index (χ2v) is 7.56. The van der Waals surface area contributed by atoms with E-state index in [1.54, 1.807) is 19.4 Å². The molecule has 6 heteroatoms. The molecule has 1 saturated heterocycles. The number of nitrogens with one attached hydrogen (secondary N) is 1. The minimum Gasteiger partial charge on any atom is -0.358 e. The monoisotopic (exact) mass is 404 g/mol. The molecule has 1 amide bonds. The van der Waals surface area contributed by atoms with Crippen LogP contribution in [0.3, 0.4) is 0 Å². The van der Waals surface area contributed by atoms with Gasteiger partial charge in [0.25, 0.3) is 0 Å². The fourth-order valence-electron chi connectivity index (χ4n) is 4.48. The molecule has 4 rings (SSSR count). The summed E-state index contributed by atoms with van der Waals surface area (Å²) < 4.78 is 13.7. The van der Waals surface area contributed by atoms with E-state index in [1.165, 1.54) is 12.1 Å². The number of carbonyl (C=O) groups is 1. The van der Waals surface area contributed by atoms with Gasteiger partial charge in [0.2, 0.25) is 5.91 Å². The molecular weight excluding hydrogens is 379 g/mol. The van der Waals surface area contributed by atoms with Crippen LogP contribution >= 0.6 is 0 Å². The molecule has 0 saturated carbocycles. The number of aromatic nitrogens is 2. The van der Waals surface area contributed by atoms with Gasteiger partial charge in [-0.2, -0.15) is 0 Å². The molecule has 0 spiro atoms. The van der Waals surface area contributed by atoms with Crippen LogP contribution in [0.25, 0.3) is 0 Å². The number of amides is 1. The molecule has 2 aromatic heterocycles. The van der Waals surface area contributed by atoms with E-state index in [4.69, 9.17) is 0 Å². The number of hydrogen-bond acceptors (Lipinski definition) is 4. The predicted octanol–water partition coefficient (Wildman–Crippen LogP) is 3.70. The van der Waals surface area contributed by atoms with Crippen LogP contribution in [0.5, 0.6) is 0 Å². The predicted molar refractivity (Wildman–Crippen MR) is 113 cm³/mol. The molecule has 1 aromatic carbocycles. The third-order valence-electron chi connectivity index (χ3n) is 5.81. The zero-order valence-electron chi connectivity index (χ0n) is 16.9. The van der Waals surface area contributed by atoms with Crippen molar-refractivity contribution in [2.24, 2.45) is 0 Å². The van der Waals surface area contributed by atoms with Crippen LogP contribution in [0.4, 0.5) is 4.39 Å². The fourth-order valence-corrected chi connectivity index (χ4v) is 4.48. The average Bonchev–Trinajstić information content (AvgIpc) is 3.28. The van der Waals surface area contributed by atoms with Gasteiger partial charge in [-0.15, -0.1) is 0 Å². The maximum atomic E-state index is 13.7. The molecule has 1 aliphatic rings.